The summed E-state index contributed by atoms with van der Waals surface area (Å²) < 4.78 is 5.06. The second kappa shape index (κ2) is 7.86. The van der Waals surface area contributed by atoms with Gasteiger partial charge in [0.15, 0.2) is 5.16 Å². The Labute approximate surface area is 148 Å². The molecular weight excluding hydrogens is 350 g/mol. The third-order valence-electron chi connectivity index (χ3n) is 2.99. The molecule has 24 heavy (non-hydrogen) atoms. The first-order valence-electron chi connectivity index (χ1n) is 6.78. The number of methoxy groups -OCH3 is 1. The molecule has 2 rings (SSSR count). The molecule has 1 amide bonds. The van der Waals surface area contributed by atoms with E-state index in [0.29, 0.717) is 21.6 Å². The van der Waals surface area contributed by atoms with Gasteiger partial charge >= 0.3 is 0 Å². The van der Waals surface area contributed by atoms with Crippen LogP contribution in [0.1, 0.15) is 12.5 Å². The highest BCUT2D eigenvalue weighted by atomic mass is 35.5. The molecule has 7 nitrogen and oxygen atoms in total. The summed E-state index contributed by atoms with van der Waals surface area (Å²) in [5, 5.41) is 11.8. The number of hydrogen-bond acceptors (Lipinski definition) is 7. The molecule has 0 bridgehead atoms. The summed E-state index contributed by atoms with van der Waals surface area (Å²) in [5.74, 6) is 0.371. The normalized spacial score (nSPS) is 11.4. The number of carbonyl (C=O) groups is 1. The molecular formula is C15H14ClN5O2S. The van der Waals surface area contributed by atoms with Gasteiger partial charge in [0.1, 0.15) is 23.2 Å². The average molecular weight is 364 g/mol. The van der Waals surface area contributed by atoms with Crippen LogP contribution in [0, 0.1) is 11.3 Å². The SMILES string of the molecule is COc1ccc(NC(=O)[C@H](C)Sc2ncc(C#N)c(N)n2)cc1Cl. The average Bonchev–Trinajstić information content (AvgIpc) is 2.55. The summed E-state index contributed by atoms with van der Waals surface area (Å²) in [6, 6.07) is 6.85. The second-order valence-corrected chi connectivity index (χ2v) is 6.38. The van der Waals surface area contributed by atoms with E-state index >= 15 is 0 Å². The summed E-state index contributed by atoms with van der Waals surface area (Å²) >= 11 is 7.16. The monoisotopic (exact) mass is 363 g/mol. The molecule has 1 aromatic carbocycles. The van der Waals surface area contributed by atoms with E-state index in [1.807, 2.05) is 6.07 Å². The number of halogens is 1. The van der Waals surface area contributed by atoms with Crippen molar-refractivity contribution in [3.63, 3.8) is 0 Å². The molecule has 2 aromatic rings. The highest BCUT2D eigenvalue weighted by Crippen LogP contribution is 2.28. The van der Waals surface area contributed by atoms with E-state index in [0.717, 1.165) is 11.8 Å². The van der Waals surface area contributed by atoms with Crippen LogP contribution < -0.4 is 15.8 Å². The maximum atomic E-state index is 12.2. The fourth-order valence-electron chi connectivity index (χ4n) is 1.72. The Bertz CT molecular complexity index is 809. The molecule has 0 aliphatic carbocycles. The van der Waals surface area contributed by atoms with Gasteiger partial charge < -0.3 is 15.8 Å². The number of rotatable bonds is 5. The molecule has 124 valence electrons. The molecule has 1 atom stereocenters. The lowest BCUT2D eigenvalue weighted by molar-refractivity contribution is -0.115. The quantitative estimate of drug-likeness (QED) is 0.620. The number of carbonyl (C=O) groups excluding carboxylic acids is 1. The number of hydrogen-bond donors (Lipinski definition) is 2. The standard InChI is InChI=1S/C15H14ClN5O2S/c1-8(24-15-19-7-9(6-17)13(18)21-15)14(22)20-10-3-4-12(23-2)11(16)5-10/h3-5,7-8H,1-2H3,(H,20,22)(H2,18,19,21)/t8-/m0/s1. The molecule has 0 saturated carbocycles. The summed E-state index contributed by atoms with van der Waals surface area (Å²) in [6.45, 7) is 1.71. The Hall–Kier alpha value is -2.50. The number of anilines is 2. The number of nitriles is 1. The van der Waals surface area contributed by atoms with E-state index in [2.05, 4.69) is 15.3 Å². The zero-order chi connectivity index (χ0) is 17.7. The molecule has 9 heteroatoms. The van der Waals surface area contributed by atoms with Crippen LogP contribution in [0.3, 0.4) is 0 Å². The number of nitrogens with one attached hydrogen (secondary N) is 1. The zero-order valence-electron chi connectivity index (χ0n) is 12.9. The van der Waals surface area contributed by atoms with Crippen LogP contribution in [-0.2, 0) is 4.79 Å². The first-order chi connectivity index (χ1) is 11.4. The van der Waals surface area contributed by atoms with Gasteiger partial charge in [-0.25, -0.2) is 9.97 Å². The number of benzene rings is 1. The van der Waals surface area contributed by atoms with E-state index in [-0.39, 0.29) is 17.3 Å². The van der Waals surface area contributed by atoms with Crippen LogP contribution in [0.15, 0.2) is 29.6 Å². The smallest absolute Gasteiger partial charge is 0.237 e. The van der Waals surface area contributed by atoms with Crippen molar-refractivity contribution in [1.82, 2.24) is 9.97 Å². The predicted molar refractivity (Wildman–Crippen MR) is 93.1 cm³/mol. The molecule has 0 spiro atoms. The molecule has 0 aliphatic heterocycles. The van der Waals surface area contributed by atoms with Gasteiger partial charge in [-0.3, -0.25) is 4.79 Å². The number of nitrogens with two attached hydrogens (primary N) is 1. The third-order valence-corrected chi connectivity index (χ3v) is 4.26. The zero-order valence-corrected chi connectivity index (χ0v) is 14.5. The first kappa shape index (κ1) is 17.8. The Morgan fingerprint density at radius 2 is 2.29 bits per heavy atom. The lowest BCUT2D eigenvalue weighted by Crippen LogP contribution is -2.22. The van der Waals surface area contributed by atoms with Crippen LogP contribution in [0.5, 0.6) is 5.75 Å². The van der Waals surface area contributed by atoms with Gasteiger partial charge in [-0.1, -0.05) is 23.4 Å². The maximum Gasteiger partial charge on any atom is 0.237 e. The summed E-state index contributed by atoms with van der Waals surface area (Å²) in [6.07, 6.45) is 1.33. The van der Waals surface area contributed by atoms with Crippen molar-refractivity contribution in [3.8, 4) is 11.8 Å². The number of nitrogen functional groups attached to an aromatic ring is 1. The van der Waals surface area contributed by atoms with Crippen LogP contribution in [0.25, 0.3) is 0 Å². The minimum Gasteiger partial charge on any atom is -0.495 e. The van der Waals surface area contributed by atoms with E-state index in [1.54, 1.807) is 25.1 Å². The summed E-state index contributed by atoms with van der Waals surface area (Å²) in [7, 11) is 1.52. The Kier molecular flexibility index (Phi) is 5.84. The van der Waals surface area contributed by atoms with Gasteiger partial charge in [0.05, 0.1) is 23.6 Å². The number of ether oxygens (including phenoxy) is 1. The predicted octanol–water partition coefficient (Wildman–Crippen LogP) is 2.71. The largest absolute Gasteiger partial charge is 0.495 e. The number of nitrogens with zero attached hydrogens (tertiary/aromatic N) is 3. The van der Waals surface area contributed by atoms with E-state index in [1.165, 1.54) is 13.3 Å². The molecule has 1 heterocycles. The molecule has 0 fully saturated rings. The Balaban J connectivity index is 2.03. The molecule has 0 aliphatic rings. The van der Waals surface area contributed by atoms with Gasteiger partial charge in [-0.2, -0.15) is 5.26 Å². The maximum absolute atomic E-state index is 12.2. The van der Waals surface area contributed by atoms with Gasteiger partial charge in [0, 0.05) is 5.69 Å². The first-order valence-corrected chi connectivity index (χ1v) is 8.04. The lowest BCUT2D eigenvalue weighted by Gasteiger charge is -2.12. The van der Waals surface area contributed by atoms with Gasteiger partial charge in [-0.15, -0.1) is 0 Å². The third kappa shape index (κ3) is 4.28. The molecule has 0 radical (unpaired) electrons. The molecule has 0 saturated heterocycles. The van der Waals surface area contributed by atoms with E-state index in [4.69, 9.17) is 27.3 Å². The Morgan fingerprint density at radius 3 is 2.88 bits per heavy atom. The van der Waals surface area contributed by atoms with Crippen LogP contribution in [0.2, 0.25) is 5.02 Å². The van der Waals surface area contributed by atoms with Crippen LogP contribution in [-0.4, -0.2) is 28.2 Å². The van der Waals surface area contributed by atoms with Crippen molar-refractivity contribution in [2.45, 2.75) is 17.3 Å². The van der Waals surface area contributed by atoms with E-state index in [9.17, 15) is 4.79 Å². The number of thioether (sulfide) groups is 1. The highest BCUT2D eigenvalue weighted by molar-refractivity contribution is 8.00. The fraction of sp³-hybridized carbons (Fsp3) is 0.200. The molecule has 0 unspecified atom stereocenters. The number of amides is 1. The van der Waals surface area contributed by atoms with Crippen molar-refractivity contribution in [1.29, 1.82) is 5.26 Å². The van der Waals surface area contributed by atoms with Crippen molar-refractivity contribution < 1.29 is 9.53 Å². The molecule has 1 aromatic heterocycles. The van der Waals surface area contributed by atoms with E-state index < -0.39 is 5.25 Å². The second-order valence-electron chi connectivity index (χ2n) is 4.66. The van der Waals surface area contributed by atoms with Crippen molar-refractivity contribution in [2.75, 3.05) is 18.2 Å². The summed E-state index contributed by atoms with van der Waals surface area (Å²) in [5.41, 5.74) is 6.39. The van der Waals surface area contributed by atoms with Gasteiger partial charge in [0.2, 0.25) is 5.91 Å². The van der Waals surface area contributed by atoms with Crippen molar-refractivity contribution >= 4 is 40.8 Å². The van der Waals surface area contributed by atoms with Crippen LogP contribution in [0.4, 0.5) is 11.5 Å². The minimum absolute atomic E-state index is 0.0875. The topological polar surface area (TPSA) is 114 Å². The molecule has 3 N–H and O–H groups in total. The fourth-order valence-corrected chi connectivity index (χ4v) is 2.73. The lowest BCUT2D eigenvalue weighted by atomic mass is 10.3. The number of aromatic nitrogens is 2. The van der Waals surface area contributed by atoms with Crippen molar-refractivity contribution in [2.24, 2.45) is 0 Å². The summed E-state index contributed by atoms with van der Waals surface area (Å²) in [4.78, 5) is 20.3. The van der Waals surface area contributed by atoms with Crippen LogP contribution >= 0.6 is 23.4 Å². The highest BCUT2D eigenvalue weighted by Gasteiger charge is 2.17. The Morgan fingerprint density at radius 1 is 1.54 bits per heavy atom. The van der Waals surface area contributed by atoms with Gasteiger partial charge in [0.25, 0.3) is 0 Å². The minimum atomic E-state index is -0.474. The van der Waals surface area contributed by atoms with Crippen molar-refractivity contribution in [3.05, 3.63) is 35.0 Å². The van der Waals surface area contributed by atoms with Gasteiger partial charge in [-0.05, 0) is 25.1 Å².